The molecule has 0 fully saturated rings. The van der Waals surface area contributed by atoms with Crippen molar-refractivity contribution in [1.82, 2.24) is 0 Å². The highest BCUT2D eigenvalue weighted by molar-refractivity contribution is 5.78. The largest absolute Gasteiger partial charge is 0.491 e. The third-order valence-electron chi connectivity index (χ3n) is 2.03. The van der Waals surface area contributed by atoms with E-state index in [0.717, 1.165) is 5.56 Å². The monoisotopic (exact) mass is 224 g/mol. The summed E-state index contributed by atoms with van der Waals surface area (Å²) in [5, 5.41) is 17.7. The van der Waals surface area contributed by atoms with E-state index in [4.69, 9.17) is 14.9 Å². The van der Waals surface area contributed by atoms with Gasteiger partial charge in [0.1, 0.15) is 24.2 Å². The number of hydrogen-bond acceptors (Lipinski definition) is 4. The molecule has 0 heterocycles. The van der Waals surface area contributed by atoms with Gasteiger partial charge in [-0.25, -0.2) is 0 Å². The van der Waals surface area contributed by atoms with Crippen molar-refractivity contribution in [2.75, 3.05) is 13.2 Å². The van der Waals surface area contributed by atoms with Gasteiger partial charge in [-0.05, 0) is 24.6 Å². The summed E-state index contributed by atoms with van der Waals surface area (Å²) in [7, 11) is 0. The van der Waals surface area contributed by atoms with E-state index in [1.54, 1.807) is 19.1 Å². The molecule has 16 heavy (non-hydrogen) atoms. The molecular weight excluding hydrogens is 208 g/mol. The Kier molecular flexibility index (Phi) is 4.95. The Labute approximate surface area is 94.5 Å². The quantitative estimate of drug-likeness (QED) is 0.740. The molecule has 0 spiro atoms. The van der Waals surface area contributed by atoms with Crippen LogP contribution in [-0.4, -0.2) is 35.3 Å². The van der Waals surface area contributed by atoms with E-state index in [0.29, 0.717) is 12.2 Å². The van der Waals surface area contributed by atoms with E-state index in [-0.39, 0.29) is 19.0 Å². The van der Waals surface area contributed by atoms with E-state index in [2.05, 4.69) is 0 Å². The number of Topliss-reactive ketones (excluding diaryl/α,β-unsaturated/α-hetero) is 1. The molecular formula is C12H16O4. The molecule has 88 valence electrons. The Hall–Kier alpha value is -1.39. The van der Waals surface area contributed by atoms with Crippen LogP contribution in [0.15, 0.2) is 24.3 Å². The highest BCUT2D eigenvalue weighted by atomic mass is 16.5. The van der Waals surface area contributed by atoms with Gasteiger partial charge >= 0.3 is 0 Å². The SMILES string of the molecule is CC(=O)Cc1ccc(OCC(O)CO)cc1. The lowest BCUT2D eigenvalue weighted by molar-refractivity contribution is -0.116. The van der Waals surface area contributed by atoms with Gasteiger partial charge in [0.15, 0.2) is 0 Å². The first-order chi connectivity index (χ1) is 7.61. The molecule has 1 aromatic carbocycles. The summed E-state index contributed by atoms with van der Waals surface area (Å²) in [5.41, 5.74) is 0.933. The standard InChI is InChI=1S/C12H16O4/c1-9(14)6-10-2-4-12(5-3-10)16-8-11(15)7-13/h2-5,11,13,15H,6-8H2,1H3. The number of aliphatic hydroxyl groups is 2. The number of ether oxygens (including phenoxy) is 1. The molecule has 4 nitrogen and oxygen atoms in total. The molecule has 0 amide bonds. The number of aliphatic hydroxyl groups excluding tert-OH is 2. The van der Waals surface area contributed by atoms with E-state index in [1.807, 2.05) is 12.1 Å². The van der Waals surface area contributed by atoms with Crippen LogP contribution in [0.25, 0.3) is 0 Å². The van der Waals surface area contributed by atoms with Crippen LogP contribution < -0.4 is 4.74 Å². The second-order valence-electron chi connectivity index (χ2n) is 3.67. The van der Waals surface area contributed by atoms with Crippen molar-refractivity contribution in [3.05, 3.63) is 29.8 Å². The lowest BCUT2D eigenvalue weighted by atomic mass is 10.1. The van der Waals surface area contributed by atoms with Gasteiger partial charge in [-0.3, -0.25) is 4.79 Å². The van der Waals surface area contributed by atoms with Gasteiger partial charge in [0.2, 0.25) is 0 Å². The minimum absolute atomic E-state index is 0.0581. The minimum atomic E-state index is -0.864. The summed E-state index contributed by atoms with van der Waals surface area (Å²) in [5.74, 6) is 0.726. The van der Waals surface area contributed by atoms with Gasteiger partial charge in [0, 0.05) is 6.42 Å². The molecule has 0 bridgehead atoms. The molecule has 0 radical (unpaired) electrons. The van der Waals surface area contributed by atoms with E-state index >= 15 is 0 Å². The summed E-state index contributed by atoms with van der Waals surface area (Å²) in [6.45, 7) is 1.28. The molecule has 1 rings (SSSR count). The van der Waals surface area contributed by atoms with Crippen LogP contribution in [0.1, 0.15) is 12.5 Å². The maximum Gasteiger partial charge on any atom is 0.134 e. The molecule has 0 aromatic heterocycles. The fourth-order valence-electron chi connectivity index (χ4n) is 1.24. The summed E-state index contributed by atoms with van der Waals surface area (Å²) in [6, 6.07) is 7.09. The van der Waals surface area contributed by atoms with Crippen molar-refractivity contribution in [3.63, 3.8) is 0 Å². The molecule has 0 aliphatic carbocycles. The van der Waals surface area contributed by atoms with Gasteiger partial charge in [0.05, 0.1) is 6.61 Å². The number of carbonyl (C=O) groups excluding carboxylic acids is 1. The Balaban J connectivity index is 2.48. The first kappa shape index (κ1) is 12.7. The Morgan fingerprint density at radius 3 is 2.50 bits per heavy atom. The van der Waals surface area contributed by atoms with E-state index in [9.17, 15) is 4.79 Å². The highest BCUT2D eigenvalue weighted by Gasteiger charge is 2.03. The molecule has 0 aliphatic heterocycles. The molecule has 2 N–H and O–H groups in total. The Morgan fingerprint density at radius 1 is 1.38 bits per heavy atom. The third-order valence-corrected chi connectivity index (χ3v) is 2.03. The Bertz CT molecular complexity index is 331. The Morgan fingerprint density at radius 2 is 2.00 bits per heavy atom. The zero-order chi connectivity index (χ0) is 12.0. The van der Waals surface area contributed by atoms with Crippen molar-refractivity contribution in [3.8, 4) is 5.75 Å². The van der Waals surface area contributed by atoms with Crippen LogP contribution in [0.3, 0.4) is 0 Å². The molecule has 1 aromatic rings. The summed E-state index contributed by atoms with van der Waals surface area (Å²) in [6.07, 6.45) is -0.448. The minimum Gasteiger partial charge on any atom is -0.491 e. The van der Waals surface area contributed by atoms with Gasteiger partial charge in [0.25, 0.3) is 0 Å². The molecule has 0 saturated carbocycles. The van der Waals surface area contributed by atoms with Gasteiger partial charge in [-0.1, -0.05) is 12.1 Å². The predicted octanol–water partition coefficient (Wildman–Crippen LogP) is 0.550. The number of carbonyl (C=O) groups is 1. The van der Waals surface area contributed by atoms with Crippen LogP contribution in [-0.2, 0) is 11.2 Å². The maximum absolute atomic E-state index is 10.9. The fraction of sp³-hybridized carbons (Fsp3) is 0.417. The first-order valence-electron chi connectivity index (χ1n) is 5.12. The highest BCUT2D eigenvalue weighted by Crippen LogP contribution is 2.13. The lowest BCUT2D eigenvalue weighted by Crippen LogP contribution is -2.21. The number of ketones is 1. The molecule has 4 heteroatoms. The maximum atomic E-state index is 10.9. The fourth-order valence-corrected chi connectivity index (χ4v) is 1.24. The van der Waals surface area contributed by atoms with Crippen molar-refractivity contribution in [2.45, 2.75) is 19.4 Å². The summed E-state index contributed by atoms with van der Waals surface area (Å²) in [4.78, 5) is 10.9. The molecule has 1 atom stereocenters. The molecule has 0 saturated heterocycles. The van der Waals surface area contributed by atoms with Gasteiger partial charge in [-0.15, -0.1) is 0 Å². The summed E-state index contributed by atoms with van der Waals surface area (Å²) < 4.78 is 5.22. The van der Waals surface area contributed by atoms with Crippen LogP contribution in [0.5, 0.6) is 5.75 Å². The van der Waals surface area contributed by atoms with Crippen LogP contribution in [0.4, 0.5) is 0 Å². The van der Waals surface area contributed by atoms with Crippen LogP contribution in [0.2, 0.25) is 0 Å². The lowest BCUT2D eigenvalue weighted by Gasteiger charge is -2.09. The van der Waals surface area contributed by atoms with Crippen LogP contribution in [0, 0.1) is 0 Å². The summed E-state index contributed by atoms with van der Waals surface area (Å²) >= 11 is 0. The van der Waals surface area contributed by atoms with E-state index in [1.165, 1.54) is 0 Å². The van der Waals surface area contributed by atoms with Crippen molar-refractivity contribution < 1.29 is 19.7 Å². The average Bonchev–Trinajstić information content (AvgIpc) is 2.27. The average molecular weight is 224 g/mol. The van der Waals surface area contributed by atoms with Crippen molar-refractivity contribution in [2.24, 2.45) is 0 Å². The zero-order valence-electron chi connectivity index (χ0n) is 9.22. The first-order valence-corrected chi connectivity index (χ1v) is 5.12. The number of hydrogen-bond donors (Lipinski definition) is 2. The second-order valence-corrected chi connectivity index (χ2v) is 3.67. The molecule has 1 unspecified atom stereocenters. The smallest absolute Gasteiger partial charge is 0.134 e. The van der Waals surface area contributed by atoms with Crippen LogP contribution >= 0.6 is 0 Å². The van der Waals surface area contributed by atoms with E-state index < -0.39 is 6.10 Å². The predicted molar refractivity (Wildman–Crippen MR) is 59.4 cm³/mol. The third kappa shape index (κ3) is 4.42. The van der Waals surface area contributed by atoms with Gasteiger partial charge < -0.3 is 14.9 Å². The second kappa shape index (κ2) is 6.25. The normalized spacial score (nSPS) is 12.2. The number of benzene rings is 1. The topological polar surface area (TPSA) is 66.8 Å². The number of rotatable bonds is 6. The molecule has 0 aliphatic rings. The van der Waals surface area contributed by atoms with Crippen molar-refractivity contribution in [1.29, 1.82) is 0 Å². The zero-order valence-corrected chi connectivity index (χ0v) is 9.22. The van der Waals surface area contributed by atoms with Crippen molar-refractivity contribution >= 4 is 5.78 Å². The van der Waals surface area contributed by atoms with Gasteiger partial charge in [-0.2, -0.15) is 0 Å².